The van der Waals surface area contributed by atoms with Gasteiger partial charge in [0.25, 0.3) is 5.56 Å². The molecule has 4 rings (SSSR count). The van der Waals surface area contributed by atoms with Crippen LogP contribution in [-0.4, -0.2) is 69.8 Å². The Bertz CT molecular complexity index is 976. The first-order valence-corrected chi connectivity index (χ1v) is 10.8. The number of hydrogen-bond acceptors (Lipinski definition) is 5. The number of H-pyrrole nitrogens is 1. The highest BCUT2D eigenvalue weighted by molar-refractivity contribution is 5.82. The number of nitrogens with one attached hydrogen (secondary N) is 2. The van der Waals surface area contributed by atoms with Gasteiger partial charge in [-0.15, -0.1) is 0 Å². The first-order valence-electron chi connectivity index (χ1n) is 10.8. The molecule has 0 spiro atoms. The summed E-state index contributed by atoms with van der Waals surface area (Å²) in [4.78, 5) is 48.3. The van der Waals surface area contributed by atoms with Crippen LogP contribution >= 0.6 is 0 Å². The molecule has 160 valence electrons. The molecule has 1 aliphatic heterocycles. The summed E-state index contributed by atoms with van der Waals surface area (Å²) in [6, 6.07) is 7.47. The minimum Gasteiger partial charge on any atom is -0.352 e. The second-order valence-corrected chi connectivity index (χ2v) is 8.26. The van der Waals surface area contributed by atoms with Gasteiger partial charge >= 0.3 is 0 Å². The number of hydrogen-bond donors (Lipinski definition) is 2. The molecule has 0 bridgehead atoms. The van der Waals surface area contributed by atoms with Gasteiger partial charge in [-0.05, 0) is 38.3 Å². The molecule has 1 aromatic carbocycles. The maximum atomic E-state index is 12.6. The Morgan fingerprint density at radius 2 is 1.93 bits per heavy atom. The average Bonchev–Trinajstić information content (AvgIpc) is 3.57. The summed E-state index contributed by atoms with van der Waals surface area (Å²) < 4.78 is 0. The number of aromatic nitrogens is 2. The highest BCUT2D eigenvalue weighted by atomic mass is 16.2. The van der Waals surface area contributed by atoms with Crippen molar-refractivity contribution < 1.29 is 9.59 Å². The van der Waals surface area contributed by atoms with E-state index < -0.39 is 0 Å². The summed E-state index contributed by atoms with van der Waals surface area (Å²) in [7, 11) is 0. The van der Waals surface area contributed by atoms with Crippen molar-refractivity contribution in [2.75, 3.05) is 26.2 Å². The molecule has 2 aliphatic rings. The normalized spacial score (nSPS) is 18.4. The van der Waals surface area contributed by atoms with E-state index in [1.807, 2.05) is 30.0 Å². The van der Waals surface area contributed by atoms with Crippen molar-refractivity contribution in [2.45, 2.75) is 51.1 Å². The van der Waals surface area contributed by atoms with E-state index in [9.17, 15) is 14.4 Å². The molecule has 1 aliphatic carbocycles. The lowest BCUT2D eigenvalue weighted by molar-refractivity contribution is -0.134. The van der Waals surface area contributed by atoms with E-state index in [0.29, 0.717) is 68.2 Å². The summed E-state index contributed by atoms with van der Waals surface area (Å²) in [5, 5.41) is 3.63. The summed E-state index contributed by atoms with van der Waals surface area (Å²) in [5.41, 5.74) is 0.538. The van der Waals surface area contributed by atoms with Gasteiger partial charge in [0.15, 0.2) is 0 Å². The van der Waals surface area contributed by atoms with E-state index in [1.54, 1.807) is 6.07 Å². The number of aromatic amines is 1. The van der Waals surface area contributed by atoms with Crippen LogP contribution < -0.4 is 10.9 Å². The number of amides is 2. The highest BCUT2D eigenvalue weighted by Crippen LogP contribution is 2.19. The predicted octanol–water partition coefficient (Wildman–Crippen LogP) is 1.06. The van der Waals surface area contributed by atoms with Crippen molar-refractivity contribution >= 4 is 22.7 Å². The van der Waals surface area contributed by atoms with Crippen molar-refractivity contribution in [3.05, 3.63) is 40.4 Å². The summed E-state index contributed by atoms with van der Waals surface area (Å²) in [5.74, 6) is 0.828. The first-order chi connectivity index (χ1) is 14.5. The lowest BCUT2D eigenvalue weighted by Crippen LogP contribution is -2.55. The van der Waals surface area contributed by atoms with Gasteiger partial charge in [0.1, 0.15) is 5.82 Å². The Labute approximate surface area is 175 Å². The lowest BCUT2D eigenvalue weighted by atomic mass is 10.1. The van der Waals surface area contributed by atoms with Gasteiger partial charge in [-0.2, -0.15) is 0 Å². The highest BCUT2D eigenvalue weighted by Gasteiger charge is 2.30. The number of carbonyl (C=O) groups excluding carboxylic acids is 2. The molecule has 1 saturated carbocycles. The van der Waals surface area contributed by atoms with Crippen LogP contribution in [0.25, 0.3) is 10.9 Å². The van der Waals surface area contributed by atoms with Crippen molar-refractivity contribution in [1.29, 1.82) is 0 Å². The minimum atomic E-state index is -0.154. The largest absolute Gasteiger partial charge is 0.352 e. The molecule has 0 radical (unpaired) electrons. The van der Waals surface area contributed by atoms with Gasteiger partial charge in [0.05, 0.1) is 16.9 Å². The van der Waals surface area contributed by atoms with Crippen LogP contribution in [0.1, 0.15) is 38.4 Å². The third-order valence-electron chi connectivity index (χ3n) is 5.98. The zero-order valence-corrected chi connectivity index (χ0v) is 17.4. The number of carbonyl (C=O) groups is 2. The molecule has 1 aromatic heterocycles. The molecule has 2 fully saturated rings. The fraction of sp³-hybridized carbons (Fsp3) is 0.545. The fourth-order valence-corrected chi connectivity index (χ4v) is 3.89. The quantitative estimate of drug-likeness (QED) is 0.710. The van der Waals surface area contributed by atoms with Gasteiger partial charge in [0, 0.05) is 45.1 Å². The number of nitrogens with zero attached hydrogens (tertiary/aromatic N) is 3. The molecule has 1 unspecified atom stereocenters. The van der Waals surface area contributed by atoms with Crippen LogP contribution in [0.2, 0.25) is 0 Å². The number of para-hydroxylation sites is 1. The number of benzene rings is 1. The Morgan fingerprint density at radius 1 is 1.20 bits per heavy atom. The zero-order chi connectivity index (χ0) is 21.1. The summed E-state index contributed by atoms with van der Waals surface area (Å²) in [6.07, 6.45) is 3.80. The number of rotatable bonds is 7. The predicted molar refractivity (Wildman–Crippen MR) is 114 cm³/mol. The average molecular weight is 412 g/mol. The molecule has 2 aromatic rings. The van der Waals surface area contributed by atoms with Crippen LogP contribution in [0.3, 0.4) is 0 Å². The Morgan fingerprint density at radius 3 is 2.67 bits per heavy atom. The third kappa shape index (κ3) is 4.87. The van der Waals surface area contributed by atoms with Crippen LogP contribution in [0.4, 0.5) is 0 Å². The van der Waals surface area contributed by atoms with E-state index in [-0.39, 0.29) is 23.4 Å². The van der Waals surface area contributed by atoms with Gasteiger partial charge in [-0.1, -0.05) is 12.1 Å². The molecule has 8 heteroatoms. The monoisotopic (exact) mass is 411 g/mol. The van der Waals surface area contributed by atoms with E-state index >= 15 is 0 Å². The van der Waals surface area contributed by atoms with Crippen LogP contribution in [0.15, 0.2) is 29.1 Å². The second kappa shape index (κ2) is 8.95. The van der Waals surface area contributed by atoms with Gasteiger partial charge < -0.3 is 15.2 Å². The molecular weight excluding hydrogens is 382 g/mol. The van der Waals surface area contributed by atoms with Gasteiger partial charge in [-0.3, -0.25) is 19.3 Å². The lowest BCUT2D eigenvalue weighted by Gasteiger charge is -2.37. The van der Waals surface area contributed by atoms with Crippen LogP contribution in [-0.2, 0) is 16.0 Å². The topological polar surface area (TPSA) is 98.4 Å². The SMILES string of the molecule is CC(C(=O)NC1CC1)N1CCN(C(=O)CCCc2nc3ccccc3c(=O)[nH]2)CC1. The molecule has 2 N–H and O–H groups in total. The van der Waals surface area contributed by atoms with Crippen LogP contribution in [0.5, 0.6) is 0 Å². The third-order valence-corrected chi connectivity index (χ3v) is 5.98. The maximum absolute atomic E-state index is 12.6. The number of fused-ring (bicyclic) bond motifs is 1. The molecule has 2 heterocycles. The van der Waals surface area contributed by atoms with Gasteiger partial charge in [-0.25, -0.2) is 4.98 Å². The zero-order valence-electron chi connectivity index (χ0n) is 17.4. The number of piperazine rings is 1. The summed E-state index contributed by atoms with van der Waals surface area (Å²) >= 11 is 0. The molecule has 8 nitrogen and oxygen atoms in total. The minimum absolute atomic E-state index is 0.0918. The van der Waals surface area contributed by atoms with Crippen molar-refractivity contribution in [1.82, 2.24) is 25.1 Å². The second-order valence-electron chi connectivity index (χ2n) is 8.26. The van der Waals surface area contributed by atoms with Crippen molar-refractivity contribution in [3.8, 4) is 0 Å². The van der Waals surface area contributed by atoms with Crippen LogP contribution in [0, 0.1) is 0 Å². The number of aryl methyl sites for hydroxylation is 1. The Kier molecular flexibility index (Phi) is 6.13. The maximum Gasteiger partial charge on any atom is 0.258 e. The fourth-order valence-electron chi connectivity index (χ4n) is 3.89. The Balaban J connectivity index is 1.22. The van der Waals surface area contributed by atoms with Gasteiger partial charge in [0.2, 0.25) is 11.8 Å². The smallest absolute Gasteiger partial charge is 0.258 e. The van der Waals surface area contributed by atoms with E-state index in [2.05, 4.69) is 20.2 Å². The van der Waals surface area contributed by atoms with Crippen molar-refractivity contribution in [2.24, 2.45) is 0 Å². The van der Waals surface area contributed by atoms with E-state index in [0.717, 1.165) is 12.8 Å². The molecule has 1 atom stereocenters. The molecule has 2 amide bonds. The molecular formula is C22H29N5O3. The molecule has 1 saturated heterocycles. The first kappa shape index (κ1) is 20.5. The molecule has 30 heavy (non-hydrogen) atoms. The standard InChI is InChI=1S/C22H29N5O3/c1-15(21(29)23-16-9-10-16)26-11-13-27(14-12-26)20(28)8-4-7-19-24-18-6-3-2-5-17(18)22(30)25-19/h2-3,5-6,15-16H,4,7-14H2,1H3,(H,23,29)(H,24,25,30). The summed E-state index contributed by atoms with van der Waals surface area (Å²) in [6.45, 7) is 4.65. The van der Waals surface area contributed by atoms with E-state index in [1.165, 1.54) is 0 Å². The van der Waals surface area contributed by atoms with Crippen molar-refractivity contribution in [3.63, 3.8) is 0 Å². The Hall–Kier alpha value is -2.74. The van der Waals surface area contributed by atoms with E-state index in [4.69, 9.17) is 0 Å².